The Morgan fingerprint density at radius 3 is 2.71 bits per heavy atom. The van der Waals surface area contributed by atoms with Crippen molar-refractivity contribution in [1.82, 2.24) is 10.2 Å². The third kappa shape index (κ3) is 3.58. The van der Waals surface area contributed by atoms with Crippen molar-refractivity contribution in [2.75, 3.05) is 15.8 Å². The van der Waals surface area contributed by atoms with Crippen LogP contribution in [0, 0.1) is 0 Å². The first-order valence-electron chi connectivity index (χ1n) is 5.50. The van der Waals surface area contributed by atoms with Gasteiger partial charge in [-0.25, -0.2) is 0 Å². The zero-order valence-corrected chi connectivity index (χ0v) is 12.3. The monoisotopic (exact) mass is 329 g/mol. The van der Waals surface area contributed by atoms with Crippen molar-refractivity contribution >= 4 is 43.8 Å². The predicted octanol–water partition coefficient (Wildman–Crippen LogP) is 0.585. The summed E-state index contributed by atoms with van der Waals surface area (Å²) in [6.45, 7) is 1.27. The fraction of sp³-hybridized carbons (Fsp3) is 0.100. The second kappa shape index (κ2) is 5.54. The minimum absolute atomic E-state index is 0.0603. The summed E-state index contributed by atoms with van der Waals surface area (Å²) < 4.78 is 26.1. The number of aromatic hydroxyl groups is 1. The average Bonchev–Trinajstić information content (AvgIpc) is 2.81. The summed E-state index contributed by atoms with van der Waals surface area (Å²) in [7, 11) is -3.98. The SMILES string of the molecule is CC(=O)Nc1nnc(S(=O)(=O)Nc2ccc(O)cc2N)s1. The van der Waals surface area contributed by atoms with Crippen LogP contribution in [0.5, 0.6) is 5.75 Å². The first-order chi connectivity index (χ1) is 9.78. The Balaban J connectivity index is 2.25. The molecule has 1 aromatic carbocycles. The molecule has 2 aromatic rings. The molecule has 1 amide bonds. The van der Waals surface area contributed by atoms with Crippen LogP contribution in [0.15, 0.2) is 22.5 Å². The largest absolute Gasteiger partial charge is 0.508 e. The van der Waals surface area contributed by atoms with Crippen molar-refractivity contribution < 1.29 is 18.3 Å². The number of nitrogens with zero attached hydrogens (tertiary/aromatic N) is 2. The van der Waals surface area contributed by atoms with Crippen LogP contribution in [0.4, 0.5) is 16.5 Å². The normalized spacial score (nSPS) is 11.1. The van der Waals surface area contributed by atoms with Gasteiger partial charge in [-0.3, -0.25) is 9.52 Å². The first-order valence-corrected chi connectivity index (χ1v) is 7.80. The van der Waals surface area contributed by atoms with E-state index in [0.29, 0.717) is 11.3 Å². The maximum absolute atomic E-state index is 12.1. The molecule has 5 N–H and O–H groups in total. The van der Waals surface area contributed by atoms with E-state index in [0.717, 1.165) is 0 Å². The Hall–Kier alpha value is -2.40. The van der Waals surface area contributed by atoms with Gasteiger partial charge in [-0.1, -0.05) is 11.3 Å². The van der Waals surface area contributed by atoms with Crippen LogP contribution in [0.2, 0.25) is 0 Å². The molecule has 0 spiro atoms. The number of sulfonamides is 1. The number of hydrogen-bond donors (Lipinski definition) is 4. The second-order valence-electron chi connectivity index (χ2n) is 3.93. The molecular formula is C10H11N5O4S2. The quantitative estimate of drug-likeness (QED) is 0.364. The second-order valence-corrected chi connectivity index (χ2v) is 6.76. The minimum Gasteiger partial charge on any atom is -0.508 e. The summed E-state index contributed by atoms with van der Waals surface area (Å²) in [5.74, 6) is -0.467. The standard InChI is InChI=1S/C10H11N5O4S2/c1-5(16)12-9-13-14-10(20-9)21(18,19)15-8-3-2-6(17)4-7(8)11/h2-4,15,17H,11H2,1H3,(H,12,13,16). The molecule has 0 aliphatic heterocycles. The summed E-state index contributed by atoms with van der Waals surface area (Å²) in [6.07, 6.45) is 0. The van der Waals surface area contributed by atoms with Crippen LogP contribution >= 0.6 is 11.3 Å². The van der Waals surface area contributed by atoms with Gasteiger partial charge >= 0.3 is 0 Å². The molecule has 9 nitrogen and oxygen atoms in total. The third-order valence-corrected chi connectivity index (χ3v) is 4.77. The van der Waals surface area contributed by atoms with Gasteiger partial charge in [-0.2, -0.15) is 8.42 Å². The predicted molar refractivity (Wildman–Crippen MR) is 77.5 cm³/mol. The Labute approximate surface area is 123 Å². The molecule has 2 rings (SSSR count). The van der Waals surface area contributed by atoms with Crippen LogP contribution < -0.4 is 15.8 Å². The highest BCUT2D eigenvalue weighted by Gasteiger charge is 2.21. The number of anilines is 3. The van der Waals surface area contributed by atoms with Gasteiger partial charge < -0.3 is 16.2 Å². The van der Waals surface area contributed by atoms with Gasteiger partial charge in [0.15, 0.2) is 0 Å². The van der Waals surface area contributed by atoms with E-state index in [1.807, 2.05) is 0 Å². The number of phenols is 1. The molecule has 0 saturated carbocycles. The Morgan fingerprint density at radius 1 is 1.38 bits per heavy atom. The number of phenolic OH excluding ortho intramolecular Hbond substituents is 1. The van der Waals surface area contributed by atoms with E-state index < -0.39 is 10.0 Å². The number of benzene rings is 1. The van der Waals surface area contributed by atoms with E-state index in [2.05, 4.69) is 20.2 Å². The number of nitrogen functional groups attached to an aromatic ring is 1. The number of carbonyl (C=O) groups is 1. The number of hydrogen-bond acceptors (Lipinski definition) is 8. The lowest BCUT2D eigenvalue weighted by atomic mass is 10.2. The first kappa shape index (κ1) is 15.0. The lowest BCUT2D eigenvalue weighted by molar-refractivity contribution is -0.114. The molecule has 0 atom stereocenters. The van der Waals surface area contributed by atoms with Gasteiger partial charge in [0.05, 0.1) is 11.4 Å². The van der Waals surface area contributed by atoms with E-state index in [1.54, 1.807) is 0 Å². The molecule has 112 valence electrons. The average molecular weight is 329 g/mol. The third-order valence-electron chi connectivity index (χ3n) is 2.20. The van der Waals surface area contributed by atoms with Gasteiger partial charge in [0.1, 0.15) is 5.75 Å². The van der Waals surface area contributed by atoms with Crippen molar-refractivity contribution in [1.29, 1.82) is 0 Å². The molecule has 21 heavy (non-hydrogen) atoms. The van der Waals surface area contributed by atoms with Crippen molar-refractivity contribution in [3.05, 3.63) is 18.2 Å². The van der Waals surface area contributed by atoms with E-state index in [-0.39, 0.29) is 32.5 Å². The summed E-state index contributed by atoms with van der Waals surface area (Å²) in [6, 6.07) is 3.82. The highest BCUT2D eigenvalue weighted by atomic mass is 32.2. The van der Waals surface area contributed by atoms with Crippen molar-refractivity contribution in [3.63, 3.8) is 0 Å². The van der Waals surface area contributed by atoms with Crippen molar-refractivity contribution in [2.24, 2.45) is 0 Å². The lowest BCUT2D eigenvalue weighted by Gasteiger charge is -2.08. The topological polar surface area (TPSA) is 147 Å². The van der Waals surface area contributed by atoms with Crippen LogP contribution in [-0.4, -0.2) is 29.6 Å². The molecule has 0 saturated heterocycles. The van der Waals surface area contributed by atoms with Crippen LogP contribution in [0.1, 0.15) is 6.92 Å². The molecule has 0 aliphatic rings. The smallest absolute Gasteiger partial charge is 0.291 e. The number of carbonyl (C=O) groups excluding carboxylic acids is 1. The highest BCUT2D eigenvalue weighted by molar-refractivity contribution is 7.94. The van der Waals surface area contributed by atoms with Gasteiger partial charge in [0, 0.05) is 13.0 Å². The van der Waals surface area contributed by atoms with Crippen LogP contribution in [0.25, 0.3) is 0 Å². The summed E-state index contributed by atoms with van der Waals surface area (Å²) >= 11 is 0.702. The molecule has 0 unspecified atom stereocenters. The maximum atomic E-state index is 12.1. The molecule has 0 radical (unpaired) electrons. The van der Waals surface area contributed by atoms with Crippen molar-refractivity contribution in [3.8, 4) is 5.75 Å². The number of rotatable bonds is 4. The number of nitrogens with two attached hydrogens (primary N) is 1. The van der Waals surface area contributed by atoms with Gasteiger partial charge in [0.2, 0.25) is 11.0 Å². The number of aromatic nitrogens is 2. The van der Waals surface area contributed by atoms with E-state index in [1.165, 1.54) is 25.1 Å². The fourth-order valence-corrected chi connectivity index (χ4v) is 3.39. The van der Waals surface area contributed by atoms with E-state index in [9.17, 15) is 18.3 Å². The van der Waals surface area contributed by atoms with E-state index in [4.69, 9.17) is 5.73 Å². The molecule has 11 heteroatoms. The molecule has 1 aromatic heterocycles. The fourth-order valence-electron chi connectivity index (χ4n) is 1.35. The zero-order chi connectivity index (χ0) is 15.6. The van der Waals surface area contributed by atoms with E-state index >= 15 is 0 Å². The summed E-state index contributed by atoms with van der Waals surface area (Å²) in [5.41, 5.74) is 5.76. The number of nitrogens with one attached hydrogen (secondary N) is 2. The molecular weight excluding hydrogens is 318 g/mol. The van der Waals surface area contributed by atoms with Crippen LogP contribution in [0.3, 0.4) is 0 Å². The maximum Gasteiger partial charge on any atom is 0.291 e. The Morgan fingerprint density at radius 2 is 2.10 bits per heavy atom. The van der Waals surface area contributed by atoms with Gasteiger partial charge in [-0.15, -0.1) is 10.2 Å². The van der Waals surface area contributed by atoms with Gasteiger partial charge in [-0.05, 0) is 12.1 Å². The summed E-state index contributed by atoms with van der Waals surface area (Å²) in [5, 5.41) is 18.7. The highest BCUT2D eigenvalue weighted by Crippen LogP contribution is 2.27. The van der Waals surface area contributed by atoms with Gasteiger partial charge in [0.25, 0.3) is 14.4 Å². The number of amides is 1. The zero-order valence-electron chi connectivity index (χ0n) is 10.7. The molecule has 0 bridgehead atoms. The lowest BCUT2D eigenvalue weighted by Crippen LogP contribution is -2.13. The van der Waals surface area contributed by atoms with Crippen molar-refractivity contribution in [2.45, 2.75) is 11.3 Å². The summed E-state index contributed by atoms with van der Waals surface area (Å²) in [4.78, 5) is 10.9. The van der Waals surface area contributed by atoms with Crippen LogP contribution in [-0.2, 0) is 14.8 Å². The molecule has 0 aliphatic carbocycles. The molecule has 0 fully saturated rings. The Kier molecular flexibility index (Phi) is 3.95. The molecule has 1 heterocycles. The Bertz CT molecular complexity index is 786. The minimum atomic E-state index is -3.98.